The Hall–Kier alpha value is -1.34. The molecule has 0 aromatic heterocycles. The molecule has 0 aromatic rings. The van der Waals surface area contributed by atoms with E-state index in [1.807, 2.05) is 20.8 Å². The van der Waals surface area contributed by atoms with Gasteiger partial charge in [0.1, 0.15) is 0 Å². The number of morpholine rings is 1. The molecule has 26 heavy (non-hydrogen) atoms. The molecular formula is C19H37N5O2. The van der Waals surface area contributed by atoms with Crippen LogP contribution in [0.1, 0.15) is 52.9 Å². The third-order valence-electron chi connectivity index (χ3n) is 5.21. The maximum atomic E-state index is 12.0. The highest BCUT2D eigenvalue weighted by molar-refractivity contribution is 5.86. The van der Waals surface area contributed by atoms with Crippen LogP contribution in [-0.2, 0) is 9.53 Å². The van der Waals surface area contributed by atoms with E-state index in [1.54, 1.807) is 7.05 Å². The average molecular weight is 368 g/mol. The molecule has 3 N–H and O–H groups in total. The van der Waals surface area contributed by atoms with Gasteiger partial charge < -0.3 is 20.7 Å². The van der Waals surface area contributed by atoms with E-state index in [-0.39, 0.29) is 23.5 Å². The summed E-state index contributed by atoms with van der Waals surface area (Å²) in [6.07, 6.45) is 6.30. The summed E-state index contributed by atoms with van der Waals surface area (Å²) in [4.78, 5) is 18.9. The van der Waals surface area contributed by atoms with Crippen molar-refractivity contribution in [3.05, 3.63) is 0 Å². The minimum atomic E-state index is -0.224. The fourth-order valence-corrected chi connectivity index (χ4v) is 3.95. The maximum absolute atomic E-state index is 12.0. The van der Waals surface area contributed by atoms with Crippen molar-refractivity contribution < 1.29 is 9.53 Å². The van der Waals surface area contributed by atoms with Gasteiger partial charge >= 0.3 is 0 Å². The molecule has 1 aliphatic carbocycles. The van der Waals surface area contributed by atoms with E-state index in [1.165, 1.54) is 32.1 Å². The average Bonchev–Trinajstić information content (AvgIpc) is 2.62. The van der Waals surface area contributed by atoms with Crippen molar-refractivity contribution in [2.45, 2.75) is 64.0 Å². The van der Waals surface area contributed by atoms with Crippen molar-refractivity contribution in [1.29, 1.82) is 0 Å². The molecule has 7 nitrogen and oxygen atoms in total. The third kappa shape index (κ3) is 6.43. The smallest absolute Gasteiger partial charge is 0.239 e. The molecule has 0 bridgehead atoms. The number of guanidine groups is 1. The van der Waals surface area contributed by atoms with Crippen LogP contribution in [0.3, 0.4) is 0 Å². The second kappa shape index (κ2) is 9.55. The molecule has 150 valence electrons. The first-order valence-electron chi connectivity index (χ1n) is 9.93. The Balaban J connectivity index is 1.88. The van der Waals surface area contributed by atoms with E-state index in [2.05, 4.69) is 25.8 Å². The van der Waals surface area contributed by atoms with Crippen molar-refractivity contribution in [2.75, 3.05) is 46.4 Å². The molecule has 2 aliphatic rings. The second-order valence-electron chi connectivity index (χ2n) is 8.46. The molecule has 7 heteroatoms. The maximum Gasteiger partial charge on any atom is 0.239 e. The normalized spacial score (nSPS) is 21.9. The number of hydrogen-bond donors (Lipinski definition) is 3. The Bertz CT molecular complexity index is 475. The number of nitrogens with zero attached hydrogens (tertiary/aromatic N) is 2. The van der Waals surface area contributed by atoms with Gasteiger partial charge in [0.25, 0.3) is 0 Å². The zero-order valence-corrected chi connectivity index (χ0v) is 17.0. The molecule has 1 saturated heterocycles. The first kappa shape index (κ1) is 21.0. The van der Waals surface area contributed by atoms with Gasteiger partial charge in [-0.3, -0.25) is 14.7 Å². The Morgan fingerprint density at radius 1 is 1.12 bits per heavy atom. The minimum Gasteiger partial charge on any atom is -0.379 e. The number of carbonyl (C=O) groups is 1. The van der Waals surface area contributed by atoms with Crippen molar-refractivity contribution >= 4 is 11.9 Å². The number of ether oxygens (including phenoxy) is 1. The van der Waals surface area contributed by atoms with Gasteiger partial charge in [-0.1, -0.05) is 19.3 Å². The van der Waals surface area contributed by atoms with Gasteiger partial charge in [0, 0.05) is 37.8 Å². The summed E-state index contributed by atoms with van der Waals surface area (Å²) in [7, 11) is 1.75. The van der Waals surface area contributed by atoms with Gasteiger partial charge in [-0.2, -0.15) is 0 Å². The molecule has 0 spiro atoms. The highest BCUT2D eigenvalue weighted by Crippen LogP contribution is 2.33. The number of nitrogens with one attached hydrogen (secondary N) is 3. The highest BCUT2D eigenvalue weighted by Gasteiger charge is 2.38. The van der Waals surface area contributed by atoms with Crippen LogP contribution in [0.4, 0.5) is 0 Å². The van der Waals surface area contributed by atoms with Gasteiger partial charge in [-0.05, 0) is 33.6 Å². The highest BCUT2D eigenvalue weighted by atomic mass is 16.5. The number of amides is 1. The van der Waals surface area contributed by atoms with Crippen LogP contribution in [0, 0.1) is 0 Å². The van der Waals surface area contributed by atoms with Crippen LogP contribution < -0.4 is 16.0 Å². The van der Waals surface area contributed by atoms with Crippen LogP contribution in [0.25, 0.3) is 0 Å². The zero-order chi connectivity index (χ0) is 19.0. The van der Waals surface area contributed by atoms with Crippen molar-refractivity contribution in [1.82, 2.24) is 20.9 Å². The largest absolute Gasteiger partial charge is 0.379 e. The summed E-state index contributed by atoms with van der Waals surface area (Å²) in [6.45, 7) is 10.7. The van der Waals surface area contributed by atoms with Gasteiger partial charge in [-0.15, -0.1) is 0 Å². The quantitative estimate of drug-likeness (QED) is 0.501. The number of carbonyl (C=O) groups excluding carboxylic acids is 1. The molecule has 0 atom stereocenters. The SMILES string of the molecule is CN=C(NCC(=O)NC(C)(C)C)NCC1(N2CCOCC2)CCCCC1. The minimum absolute atomic E-state index is 0.0268. The summed E-state index contributed by atoms with van der Waals surface area (Å²) in [6, 6.07) is 0. The van der Waals surface area contributed by atoms with E-state index in [4.69, 9.17) is 4.74 Å². The number of rotatable bonds is 5. The van der Waals surface area contributed by atoms with Crippen molar-refractivity contribution in [3.63, 3.8) is 0 Å². The van der Waals surface area contributed by atoms with E-state index in [9.17, 15) is 4.79 Å². The van der Waals surface area contributed by atoms with Gasteiger partial charge in [0.2, 0.25) is 5.91 Å². The molecule has 0 unspecified atom stereocenters. The fourth-order valence-electron chi connectivity index (χ4n) is 3.95. The fraction of sp³-hybridized carbons (Fsp3) is 0.895. The lowest BCUT2D eigenvalue weighted by molar-refractivity contribution is -0.121. The van der Waals surface area contributed by atoms with Crippen molar-refractivity contribution in [3.8, 4) is 0 Å². The predicted molar refractivity (Wildman–Crippen MR) is 105 cm³/mol. The Morgan fingerprint density at radius 2 is 1.77 bits per heavy atom. The first-order valence-corrected chi connectivity index (χ1v) is 9.93. The first-order chi connectivity index (χ1) is 12.3. The molecule has 0 aromatic carbocycles. The van der Waals surface area contributed by atoms with Gasteiger partial charge in [-0.25, -0.2) is 0 Å². The lowest BCUT2D eigenvalue weighted by atomic mass is 9.80. The lowest BCUT2D eigenvalue weighted by Crippen LogP contribution is -2.60. The van der Waals surface area contributed by atoms with Crippen LogP contribution >= 0.6 is 0 Å². The Labute approximate surface area is 158 Å². The lowest BCUT2D eigenvalue weighted by Gasteiger charge is -2.48. The zero-order valence-electron chi connectivity index (χ0n) is 17.0. The van der Waals surface area contributed by atoms with E-state index < -0.39 is 0 Å². The molecule has 2 rings (SSSR count). The van der Waals surface area contributed by atoms with Crippen LogP contribution in [0.15, 0.2) is 4.99 Å². The van der Waals surface area contributed by atoms with Crippen LogP contribution in [-0.4, -0.2) is 74.3 Å². The van der Waals surface area contributed by atoms with Crippen LogP contribution in [0.5, 0.6) is 0 Å². The topological polar surface area (TPSA) is 78.0 Å². The second-order valence-corrected chi connectivity index (χ2v) is 8.46. The third-order valence-corrected chi connectivity index (χ3v) is 5.21. The standard InChI is InChI=1S/C19H37N5O2/c1-18(2,3)23-16(25)14-21-17(20-4)22-15-19(8-6-5-7-9-19)24-10-12-26-13-11-24/h5-15H2,1-4H3,(H,23,25)(H2,20,21,22). The summed E-state index contributed by atoms with van der Waals surface area (Å²) in [5.74, 6) is 0.660. The molecule has 1 amide bonds. The molecule has 1 heterocycles. The molecular weight excluding hydrogens is 330 g/mol. The van der Waals surface area contributed by atoms with Gasteiger partial charge in [0.15, 0.2) is 5.96 Å². The predicted octanol–water partition coefficient (Wildman–Crippen LogP) is 1.10. The Morgan fingerprint density at radius 3 is 2.35 bits per heavy atom. The molecule has 2 fully saturated rings. The van der Waals surface area contributed by atoms with Gasteiger partial charge in [0.05, 0.1) is 19.8 Å². The van der Waals surface area contributed by atoms with E-state index in [0.29, 0.717) is 5.96 Å². The number of hydrogen-bond acceptors (Lipinski definition) is 4. The summed E-state index contributed by atoms with van der Waals surface area (Å²) in [5, 5.41) is 9.56. The molecule has 1 saturated carbocycles. The molecule has 1 aliphatic heterocycles. The van der Waals surface area contributed by atoms with E-state index in [0.717, 1.165) is 32.8 Å². The van der Waals surface area contributed by atoms with Crippen molar-refractivity contribution in [2.24, 2.45) is 4.99 Å². The monoisotopic (exact) mass is 367 g/mol. The summed E-state index contributed by atoms with van der Waals surface area (Å²) >= 11 is 0. The summed E-state index contributed by atoms with van der Waals surface area (Å²) in [5.41, 5.74) is -0.0501. The summed E-state index contributed by atoms with van der Waals surface area (Å²) < 4.78 is 5.54. The molecule has 0 radical (unpaired) electrons. The van der Waals surface area contributed by atoms with Crippen LogP contribution in [0.2, 0.25) is 0 Å². The number of aliphatic imine (C=N–C) groups is 1. The Kier molecular flexibility index (Phi) is 7.70. The van der Waals surface area contributed by atoms with E-state index >= 15 is 0 Å².